The first-order chi connectivity index (χ1) is 49.9. The summed E-state index contributed by atoms with van der Waals surface area (Å²) in [6.45, 7) is 10.5. The number of carboxylic acid groups (broad SMARTS) is 2. The standard InChI is InChI=1S/2C35H47N5O14/c2*1-34(2,3)37-11-17(41)38-15-10-16(39(4)5)13-8-12-9-14-21(40(6)7)23(43)20(31(36)49)30(48)35(14,52)29(47)18(12)22(42)19(13)27(15)53-33-26(46)24(44)25(45)28(54-33)32(50)51/h2*10,12,14,21,24-26,28,33,37,42,44-46,48,52H,8-9,11H2,1-7H3,(H2,36,49)(H,38,41)(H,50,51)/t2*12-,14-,21-,24-,25-,26+,28-,33+,35-/m00/s1. The summed E-state index contributed by atoms with van der Waals surface area (Å²) in [5.41, 5.74) is 1.80. The number of ketones is 4. The van der Waals surface area contributed by atoms with E-state index in [1.807, 2.05) is 41.5 Å². The maximum atomic E-state index is 14.5. The third-order valence-electron chi connectivity index (χ3n) is 20.5. The number of benzene rings is 2. The number of rotatable bonds is 18. The second-order valence-corrected chi connectivity index (χ2v) is 31.0. The number of aliphatic hydroxyl groups excluding tert-OH is 10. The minimum Gasteiger partial charge on any atom is -0.508 e. The number of hydrogen-bond acceptors (Lipinski definition) is 32. The van der Waals surface area contributed by atoms with Crippen LogP contribution in [0.15, 0.2) is 45.9 Å². The normalized spacial score (nSPS) is 31.1. The first kappa shape index (κ1) is 82.8. The molecule has 0 aromatic heterocycles. The maximum Gasteiger partial charge on any atom is 0.335 e. The van der Waals surface area contributed by atoms with Crippen LogP contribution in [0.4, 0.5) is 22.7 Å². The van der Waals surface area contributed by atoms with Gasteiger partial charge in [-0.25, -0.2) is 9.59 Å². The molecule has 6 aliphatic carbocycles. The molecule has 0 spiro atoms. The average Bonchev–Trinajstić information content (AvgIpc) is 0.701. The minimum atomic E-state index is -2.90. The first-order valence-corrected chi connectivity index (χ1v) is 34.2. The summed E-state index contributed by atoms with van der Waals surface area (Å²) in [6, 6.07) is 0.362. The van der Waals surface area contributed by atoms with Gasteiger partial charge in [0.15, 0.2) is 46.5 Å². The summed E-state index contributed by atoms with van der Waals surface area (Å²) in [4.78, 5) is 137. The summed E-state index contributed by atoms with van der Waals surface area (Å²) in [5.74, 6) is -21.2. The Balaban J connectivity index is 0.000000249. The lowest BCUT2D eigenvalue weighted by atomic mass is 9.57. The number of hydrogen-bond donors (Lipinski definition) is 20. The molecule has 22 N–H and O–H groups in total. The Morgan fingerprint density at radius 3 is 1.11 bits per heavy atom. The number of anilines is 4. The van der Waals surface area contributed by atoms with Crippen LogP contribution in [0.3, 0.4) is 0 Å². The van der Waals surface area contributed by atoms with Crippen molar-refractivity contribution in [3.63, 3.8) is 0 Å². The van der Waals surface area contributed by atoms with Crippen LogP contribution in [0.5, 0.6) is 11.5 Å². The van der Waals surface area contributed by atoms with E-state index in [2.05, 4.69) is 21.3 Å². The fraction of sp³-hybridized carbons (Fsp3) is 0.571. The summed E-state index contributed by atoms with van der Waals surface area (Å²) in [7, 11) is 12.6. The smallest absolute Gasteiger partial charge is 0.335 e. The fourth-order valence-corrected chi connectivity index (χ4v) is 15.4. The van der Waals surface area contributed by atoms with Crippen LogP contribution < -0.4 is 52.0 Å². The molecule has 38 heteroatoms. The van der Waals surface area contributed by atoms with Crippen LogP contribution in [-0.2, 0) is 70.3 Å². The zero-order chi connectivity index (χ0) is 81.0. The Morgan fingerprint density at radius 1 is 0.528 bits per heavy atom. The van der Waals surface area contributed by atoms with Crippen molar-refractivity contribution in [1.82, 2.24) is 20.4 Å². The molecule has 38 nitrogen and oxygen atoms in total. The monoisotopic (exact) mass is 1520 g/mol. The summed E-state index contributed by atoms with van der Waals surface area (Å²) < 4.78 is 22.8. The van der Waals surface area contributed by atoms with Crippen LogP contribution >= 0.6 is 0 Å². The number of nitrogens with two attached hydrogens (primary N) is 2. The molecule has 0 radical (unpaired) electrons. The van der Waals surface area contributed by atoms with E-state index in [0.717, 1.165) is 0 Å². The fourth-order valence-electron chi connectivity index (χ4n) is 15.4. The number of nitrogens with zero attached hydrogens (tertiary/aromatic N) is 4. The molecule has 0 unspecified atom stereocenters. The Kier molecular flexibility index (Phi) is 23.0. The molecule has 8 aliphatic rings. The number of carboxylic acids is 2. The van der Waals surface area contributed by atoms with E-state index < -0.39 is 235 Å². The Hall–Kier alpha value is -9.26. The van der Waals surface area contributed by atoms with Crippen LogP contribution in [0.25, 0.3) is 11.5 Å². The number of Topliss-reactive ketones (excluding diaryl/α,β-unsaturated/α-hetero) is 4. The molecule has 108 heavy (non-hydrogen) atoms. The van der Waals surface area contributed by atoms with Gasteiger partial charge in [0.25, 0.3) is 11.8 Å². The summed E-state index contributed by atoms with van der Waals surface area (Å²) in [6.07, 6.45) is -21.2. The zero-order valence-electron chi connectivity index (χ0n) is 61.6. The molecule has 0 bridgehead atoms. The lowest BCUT2D eigenvalue weighted by Gasteiger charge is -2.50. The average molecular weight is 1520 g/mol. The van der Waals surface area contributed by atoms with E-state index in [9.17, 15) is 119 Å². The van der Waals surface area contributed by atoms with Crippen molar-refractivity contribution < 1.29 is 138 Å². The molecule has 2 aliphatic heterocycles. The highest BCUT2D eigenvalue weighted by molar-refractivity contribution is 6.26. The second kappa shape index (κ2) is 30.0. The van der Waals surface area contributed by atoms with E-state index in [1.165, 1.54) is 50.1 Å². The van der Waals surface area contributed by atoms with Gasteiger partial charge in [-0.1, -0.05) is 0 Å². The number of primary amides is 2. The van der Waals surface area contributed by atoms with E-state index in [4.69, 9.17) is 30.4 Å². The number of fused-ring (bicyclic) bond motifs is 6. The second-order valence-electron chi connectivity index (χ2n) is 31.0. The van der Waals surface area contributed by atoms with E-state index in [-0.39, 0.29) is 61.3 Å². The largest absolute Gasteiger partial charge is 0.508 e. The predicted molar refractivity (Wildman–Crippen MR) is 376 cm³/mol. The van der Waals surface area contributed by atoms with E-state index >= 15 is 0 Å². The SMILES string of the molecule is CN(C)c1cc(NC(=O)CNC(C)(C)C)c(O[C@@H]2O[C@H](C(=O)O)[C@@H](O)[C@H](O)[C@H]2O)c2c1C[C@H]1C[C@H]3[C@H](N(C)C)C(=O)C(C(N)=O)=C(O)[C@@]3(O)C(=O)C1=C2O.CN(C)c1cc(NC(=O)CNC(C)(C)C)c(O[C@@H]2O[C@H](C(=O)O)[C@@H](O)[C@H](O)[C@H]2O)c2c1C[C@H]1C[C@H]3[C@H](N(C)C)C(=O)C(C(N)=O)=C(O)[C@@]3(O)C(=O)C1=C2O. The molecule has 2 heterocycles. The van der Waals surface area contributed by atoms with E-state index in [1.54, 1.807) is 38.0 Å². The molecular formula is C70H94N10O28. The maximum absolute atomic E-state index is 14.5. The van der Waals surface area contributed by atoms with Crippen molar-refractivity contribution in [2.45, 2.75) is 163 Å². The van der Waals surface area contributed by atoms with Crippen molar-refractivity contribution in [2.75, 3.05) is 89.9 Å². The van der Waals surface area contributed by atoms with Crippen molar-refractivity contribution in [3.8, 4) is 11.5 Å². The minimum absolute atomic E-state index is 0.0641. The van der Waals surface area contributed by atoms with Gasteiger partial charge >= 0.3 is 11.9 Å². The van der Waals surface area contributed by atoms with E-state index in [0.29, 0.717) is 22.5 Å². The zero-order valence-corrected chi connectivity index (χ0v) is 61.6. The van der Waals surface area contributed by atoms with Crippen LogP contribution in [0.2, 0.25) is 0 Å². The predicted octanol–water partition coefficient (Wildman–Crippen LogP) is -4.16. The molecule has 2 saturated carbocycles. The molecule has 4 fully saturated rings. The molecule has 2 aromatic carbocycles. The lowest BCUT2D eigenvalue weighted by Crippen LogP contribution is -2.65. The number of carbonyl (C=O) groups is 10. The molecule has 4 amide bonds. The van der Waals surface area contributed by atoms with Gasteiger partial charge in [-0.3, -0.25) is 48.2 Å². The van der Waals surface area contributed by atoms with Gasteiger partial charge in [-0.15, -0.1) is 0 Å². The highest BCUT2D eigenvalue weighted by Gasteiger charge is 2.67. The first-order valence-electron chi connectivity index (χ1n) is 34.2. The van der Waals surface area contributed by atoms with Gasteiger partial charge in [0.2, 0.25) is 36.0 Å². The lowest BCUT2D eigenvalue weighted by molar-refractivity contribution is -0.271. The summed E-state index contributed by atoms with van der Waals surface area (Å²) >= 11 is 0. The van der Waals surface area contributed by atoms with Crippen LogP contribution in [-0.4, -0.2) is 305 Å². The number of aliphatic carboxylic acids is 2. The van der Waals surface area contributed by atoms with Gasteiger partial charge in [0.05, 0.1) is 47.7 Å². The number of aliphatic hydroxyl groups is 12. The number of amides is 4. The van der Waals surface area contributed by atoms with Gasteiger partial charge in [-0.2, -0.15) is 0 Å². The van der Waals surface area contributed by atoms with Crippen molar-refractivity contribution in [1.29, 1.82) is 0 Å². The molecular weight excluding hydrogens is 1430 g/mol. The highest BCUT2D eigenvalue weighted by Crippen LogP contribution is 2.58. The Morgan fingerprint density at radius 2 is 0.843 bits per heavy atom. The molecule has 2 aromatic rings. The highest BCUT2D eigenvalue weighted by atomic mass is 16.7. The van der Waals surface area contributed by atoms with Crippen molar-refractivity contribution in [2.24, 2.45) is 35.1 Å². The molecule has 18 atom stereocenters. The van der Waals surface area contributed by atoms with Crippen LogP contribution in [0, 0.1) is 23.7 Å². The van der Waals surface area contributed by atoms with Gasteiger partial charge in [0.1, 0.15) is 70.8 Å². The van der Waals surface area contributed by atoms with Gasteiger partial charge in [-0.05, 0) is 131 Å². The third kappa shape index (κ3) is 14.6. The third-order valence-corrected chi connectivity index (χ3v) is 20.5. The van der Waals surface area contributed by atoms with Gasteiger partial charge < -0.3 is 133 Å². The number of nitrogens with one attached hydrogen (secondary N) is 4. The molecule has 592 valence electrons. The quantitative estimate of drug-likeness (QED) is 0.0630. The number of carbonyl (C=O) groups excluding carboxylic acids is 8. The summed E-state index contributed by atoms with van der Waals surface area (Å²) in [5, 5.41) is 165. The van der Waals surface area contributed by atoms with Crippen molar-refractivity contribution in [3.05, 3.63) is 68.2 Å². The molecule has 10 rings (SSSR count). The number of likely N-dealkylation sites (N-methyl/N-ethyl adjacent to an activating group) is 2. The van der Waals surface area contributed by atoms with Crippen molar-refractivity contribution >= 4 is 93.0 Å². The Bertz CT molecular complexity index is 3970. The number of ether oxygens (including phenoxy) is 4. The van der Waals surface area contributed by atoms with Crippen LogP contribution in [0.1, 0.15) is 76.6 Å². The molecule has 2 saturated heterocycles. The Labute approximate surface area is 617 Å². The van der Waals surface area contributed by atoms with Gasteiger partial charge in [0, 0.05) is 73.6 Å². The topological polar surface area (TPSA) is 604 Å².